The predicted molar refractivity (Wildman–Crippen MR) is 79.1 cm³/mol. The second-order valence-electron chi connectivity index (χ2n) is 5.71. The Kier molecular flexibility index (Phi) is 7.08. The van der Waals surface area contributed by atoms with Crippen molar-refractivity contribution in [3.8, 4) is 0 Å². The summed E-state index contributed by atoms with van der Waals surface area (Å²) >= 11 is 0. The highest BCUT2D eigenvalue weighted by Crippen LogP contribution is 2.37. The Morgan fingerprint density at radius 1 is 1.05 bits per heavy atom. The molecule has 0 aromatic heterocycles. The Balaban J connectivity index is 2.28. The summed E-state index contributed by atoms with van der Waals surface area (Å²) in [6.45, 7) is 5.41. The van der Waals surface area contributed by atoms with Crippen LogP contribution in [-0.2, 0) is 23.9 Å². The van der Waals surface area contributed by atoms with Crippen molar-refractivity contribution in [2.45, 2.75) is 51.9 Å². The van der Waals surface area contributed by atoms with Crippen LogP contribution >= 0.6 is 0 Å². The highest BCUT2D eigenvalue weighted by Gasteiger charge is 2.48. The Labute approximate surface area is 130 Å². The van der Waals surface area contributed by atoms with Gasteiger partial charge in [-0.25, -0.2) is 4.79 Å². The van der Waals surface area contributed by atoms with E-state index in [9.17, 15) is 19.5 Å². The molecule has 6 heteroatoms. The second-order valence-corrected chi connectivity index (χ2v) is 5.71. The molecule has 0 aliphatic heterocycles. The number of hydrogen-bond acceptors (Lipinski definition) is 5. The smallest absolute Gasteiger partial charge is 0.333 e. The third-order valence-electron chi connectivity index (χ3n) is 3.86. The van der Waals surface area contributed by atoms with Crippen molar-refractivity contribution in [2.75, 3.05) is 13.2 Å². The molecular formula is C16H24O6. The Morgan fingerprint density at radius 2 is 1.59 bits per heavy atom. The molecule has 0 bridgehead atoms. The fourth-order valence-corrected chi connectivity index (χ4v) is 2.46. The van der Waals surface area contributed by atoms with Crippen molar-refractivity contribution >= 4 is 17.9 Å². The minimum absolute atomic E-state index is 0.137. The van der Waals surface area contributed by atoms with Gasteiger partial charge in [-0.15, -0.1) is 0 Å². The first-order valence-corrected chi connectivity index (χ1v) is 7.63. The second kappa shape index (κ2) is 8.56. The Bertz CT molecular complexity index is 434. The maximum Gasteiger partial charge on any atom is 0.333 e. The average Bonchev–Trinajstić information content (AvgIpc) is 2.50. The van der Waals surface area contributed by atoms with Gasteiger partial charge in [0.25, 0.3) is 0 Å². The molecule has 0 spiro atoms. The lowest BCUT2D eigenvalue weighted by Gasteiger charge is -2.30. The number of carboxylic acid groups (broad SMARTS) is 1. The van der Waals surface area contributed by atoms with Gasteiger partial charge >= 0.3 is 17.9 Å². The number of carbonyl (C=O) groups excluding carboxylic acids is 2. The summed E-state index contributed by atoms with van der Waals surface area (Å²) in [5.74, 6) is -2.17. The van der Waals surface area contributed by atoms with Gasteiger partial charge in [-0.1, -0.05) is 25.8 Å². The molecule has 0 radical (unpaired) electrons. The van der Waals surface area contributed by atoms with E-state index in [2.05, 4.69) is 6.58 Å². The molecule has 1 saturated carbocycles. The average molecular weight is 312 g/mol. The lowest BCUT2D eigenvalue weighted by molar-refractivity contribution is -0.171. The normalized spacial score (nSPS) is 16.6. The topological polar surface area (TPSA) is 89.9 Å². The van der Waals surface area contributed by atoms with E-state index in [-0.39, 0.29) is 13.2 Å². The third-order valence-corrected chi connectivity index (χ3v) is 3.86. The number of ether oxygens (including phenoxy) is 2. The molecular weight excluding hydrogens is 288 g/mol. The number of carbonyl (C=O) groups is 3. The van der Waals surface area contributed by atoms with Crippen LogP contribution in [0.5, 0.6) is 0 Å². The summed E-state index contributed by atoms with van der Waals surface area (Å²) in [5.41, 5.74) is -1.03. The van der Waals surface area contributed by atoms with Gasteiger partial charge in [0, 0.05) is 5.57 Å². The van der Waals surface area contributed by atoms with E-state index in [4.69, 9.17) is 9.47 Å². The van der Waals surface area contributed by atoms with E-state index in [1.54, 1.807) is 6.92 Å². The van der Waals surface area contributed by atoms with Gasteiger partial charge in [-0.3, -0.25) is 9.59 Å². The molecule has 1 aliphatic carbocycles. The van der Waals surface area contributed by atoms with Crippen LogP contribution in [0.1, 0.15) is 51.9 Å². The molecule has 1 fully saturated rings. The van der Waals surface area contributed by atoms with Gasteiger partial charge in [0.15, 0.2) is 5.41 Å². The fraction of sp³-hybridized carbons (Fsp3) is 0.688. The number of rotatable bonds is 8. The van der Waals surface area contributed by atoms with Crippen molar-refractivity contribution in [3.63, 3.8) is 0 Å². The van der Waals surface area contributed by atoms with Gasteiger partial charge < -0.3 is 14.6 Å². The number of carboxylic acids is 1. The summed E-state index contributed by atoms with van der Waals surface area (Å²) in [4.78, 5) is 34.7. The van der Waals surface area contributed by atoms with E-state index in [1.165, 1.54) is 0 Å². The molecule has 0 saturated heterocycles. The fourth-order valence-electron chi connectivity index (χ4n) is 2.46. The maximum absolute atomic E-state index is 12.1. The third kappa shape index (κ3) is 4.86. The molecule has 6 nitrogen and oxygen atoms in total. The molecule has 1 rings (SSSR count). The summed E-state index contributed by atoms with van der Waals surface area (Å²) in [6, 6.07) is 0. The number of esters is 2. The highest BCUT2D eigenvalue weighted by atomic mass is 16.5. The first-order chi connectivity index (χ1) is 10.4. The maximum atomic E-state index is 12.1. The van der Waals surface area contributed by atoms with Crippen molar-refractivity contribution in [2.24, 2.45) is 5.41 Å². The number of unbranched alkanes of at least 4 members (excludes halogenated alkanes) is 1. The van der Waals surface area contributed by atoms with Crippen LogP contribution in [0.2, 0.25) is 0 Å². The van der Waals surface area contributed by atoms with Crippen LogP contribution < -0.4 is 0 Å². The lowest BCUT2D eigenvalue weighted by Crippen LogP contribution is -2.42. The summed E-state index contributed by atoms with van der Waals surface area (Å²) < 4.78 is 10.0. The molecule has 0 atom stereocenters. The quantitative estimate of drug-likeness (QED) is 0.320. The Morgan fingerprint density at radius 3 is 2.09 bits per heavy atom. The van der Waals surface area contributed by atoms with Gasteiger partial charge in [0.05, 0.1) is 13.2 Å². The molecule has 1 N–H and O–H groups in total. The number of aliphatic carboxylic acids is 1. The minimum atomic E-state index is -1.37. The van der Waals surface area contributed by atoms with Crippen LogP contribution in [0.4, 0.5) is 0 Å². The van der Waals surface area contributed by atoms with Crippen LogP contribution in [0.25, 0.3) is 0 Å². The van der Waals surface area contributed by atoms with E-state index in [0.29, 0.717) is 31.3 Å². The van der Waals surface area contributed by atoms with Crippen molar-refractivity contribution in [3.05, 3.63) is 12.2 Å². The standard InChI is InChI=1S/C16H24O6/c1-12(2)13(17)21-10-6-7-11-22-15(20)16(14(18)19)8-4-3-5-9-16/h1,3-11H2,2H3,(H,18,19). The van der Waals surface area contributed by atoms with E-state index >= 15 is 0 Å². The van der Waals surface area contributed by atoms with E-state index in [1.807, 2.05) is 0 Å². The van der Waals surface area contributed by atoms with Crippen molar-refractivity contribution in [1.82, 2.24) is 0 Å². The summed E-state index contributed by atoms with van der Waals surface area (Å²) in [7, 11) is 0. The molecule has 124 valence electrons. The summed E-state index contributed by atoms with van der Waals surface area (Å²) in [6.07, 6.45) is 4.18. The zero-order valence-electron chi connectivity index (χ0n) is 13.1. The van der Waals surface area contributed by atoms with Gasteiger partial charge in [-0.05, 0) is 32.6 Å². The molecule has 0 aromatic rings. The largest absolute Gasteiger partial charge is 0.480 e. The highest BCUT2D eigenvalue weighted by molar-refractivity contribution is 5.99. The van der Waals surface area contributed by atoms with Gasteiger partial charge in [0.2, 0.25) is 0 Å². The monoisotopic (exact) mass is 312 g/mol. The first-order valence-electron chi connectivity index (χ1n) is 7.63. The van der Waals surface area contributed by atoms with E-state index < -0.39 is 23.3 Å². The van der Waals surface area contributed by atoms with E-state index in [0.717, 1.165) is 19.3 Å². The predicted octanol–water partition coefficient (Wildman–Crippen LogP) is 2.46. The van der Waals surface area contributed by atoms with Crippen LogP contribution in [0.3, 0.4) is 0 Å². The first kappa shape index (κ1) is 18.2. The van der Waals surface area contributed by atoms with Crippen LogP contribution in [0.15, 0.2) is 12.2 Å². The van der Waals surface area contributed by atoms with Gasteiger partial charge in [0.1, 0.15) is 0 Å². The number of hydrogen-bond donors (Lipinski definition) is 1. The molecule has 22 heavy (non-hydrogen) atoms. The summed E-state index contributed by atoms with van der Waals surface area (Å²) in [5, 5.41) is 9.35. The van der Waals surface area contributed by atoms with Crippen LogP contribution in [-0.4, -0.2) is 36.2 Å². The van der Waals surface area contributed by atoms with Crippen molar-refractivity contribution in [1.29, 1.82) is 0 Å². The Hall–Kier alpha value is -1.85. The van der Waals surface area contributed by atoms with Gasteiger partial charge in [-0.2, -0.15) is 0 Å². The zero-order chi connectivity index (χ0) is 16.6. The minimum Gasteiger partial charge on any atom is -0.480 e. The molecule has 0 heterocycles. The SMILES string of the molecule is C=C(C)C(=O)OCCCCOC(=O)C1(C(=O)O)CCCCC1. The molecule has 0 unspecified atom stereocenters. The molecule has 0 aromatic carbocycles. The van der Waals surface area contributed by atoms with Crippen LogP contribution in [0, 0.1) is 5.41 Å². The zero-order valence-corrected chi connectivity index (χ0v) is 13.1. The van der Waals surface area contributed by atoms with Crippen molar-refractivity contribution < 1.29 is 29.0 Å². The molecule has 1 aliphatic rings. The lowest BCUT2D eigenvalue weighted by atomic mass is 9.74. The molecule has 0 amide bonds.